The molecule has 0 spiro atoms. The van der Waals surface area contributed by atoms with Crippen LogP contribution in [0.2, 0.25) is 0 Å². The lowest BCUT2D eigenvalue weighted by Gasteiger charge is -2.21. The summed E-state index contributed by atoms with van der Waals surface area (Å²) in [6.45, 7) is 4.20. The van der Waals surface area contributed by atoms with Gasteiger partial charge in [-0.25, -0.2) is 4.98 Å². The maximum absolute atomic E-state index is 4.42. The van der Waals surface area contributed by atoms with Crippen molar-refractivity contribution in [2.24, 2.45) is 0 Å². The topological polar surface area (TPSA) is 16.1 Å². The van der Waals surface area contributed by atoms with E-state index in [0.717, 1.165) is 5.82 Å². The van der Waals surface area contributed by atoms with Crippen LogP contribution < -0.4 is 4.90 Å². The van der Waals surface area contributed by atoms with E-state index in [2.05, 4.69) is 61.1 Å². The number of anilines is 2. The molecule has 0 amide bonds. The molecule has 2 rings (SSSR count). The van der Waals surface area contributed by atoms with E-state index in [1.165, 1.54) is 16.8 Å². The first-order valence-corrected chi connectivity index (χ1v) is 5.41. The van der Waals surface area contributed by atoms with Crippen LogP contribution in [0, 0.1) is 13.8 Å². The molecule has 0 saturated carbocycles. The number of hydrogen-bond donors (Lipinski definition) is 0. The summed E-state index contributed by atoms with van der Waals surface area (Å²) in [5, 5.41) is 0. The van der Waals surface area contributed by atoms with Crippen LogP contribution in [0.5, 0.6) is 0 Å². The second-order valence-corrected chi connectivity index (χ2v) is 3.99. The number of benzene rings is 1. The van der Waals surface area contributed by atoms with Gasteiger partial charge in [0.05, 0.1) is 0 Å². The van der Waals surface area contributed by atoms with E-state index in [0.29, 0.717) is 0 Å². The zero-order chi connectivity index (χ0) is 11.5. The fourth-order valence-electron chi connectivity index (χ4n) is 1.88. The van der Waals surface area contributed by atoms with E-state index in [-0.39, 0.29) is 0 Å². The van der Waals surface area contributed by atoms with Crippen molar-refractivity contribution in [1.82, 2.24) is 4.98 Å². The van der Waals surface area contributed by atoms with E-state index >= 15 is 0 Å². The normalized spacial score (nSPS) is 10.2. The number of aromatic nitrogens is 1. The Kier molecular flexibility index (Phi) is 2.91. The molecular formula is C14H16N2. The predicted molar refractivity (Wildman–Crippen MR) is 68.2 cm³/mol. The lowest BCUT2D eigenvalue weighted by atomic mass is 10.1. The summed E-state index contributed by atoms with van der Waals surface area (Å²) >= 11 is 0. The third kappa shape index (κ3) is 1.91. The second-order valence-electron chi connectivity index (χ2n) is 3.99. The number of para-hydroxylation sites is 1. The first-order valence-electron chi connectivity index (χ1n) is 5.41. The van der Waals surface area contributed by atoms with Crippen molar-refractivity contribution >= 4 is 11.5 Å². The number of nitrogens with zero attached hydrogens (tertiary/aromatic N) is 2. The van der Waals surface area contributed by atoms with Crippen molar-refractivity contribution in [3.05, 3.63) is 53.7 Å². The molecule has 0 radical (unpaired) electrons. The standard InChI is InChI=1S/C14H16N2/c1-11-7-4-5-9-13(11)16(3)14-12(2)8-6-10-15-14/h4-10H,1-3H3. The van der Waals surface area contributed by atoms with Gasteiger partial charge in [-0.1, -0.05) is 24.3 Å². The molecule has 1 aromatic heterocycles. The lowest BCUT2D eigenvalue weighted by Crippen LogP contribution is -2.13. The van der Waals surface area contributed by atoms with Crippen molar-refractivity contribution in [2.45, 2.75) is 13.8 Å². The van der Waals surface area contributed by atoms with Crippen LogP contribution >= 0.6 is 0 Å². The molecule has 0 fully saturated rings. The van der Waals surface area contributed by atoms with Gasteiger partial charge < -0.3 is 4.90 Å². The van der Waals surface area contributed by atoms with Gasteiger partial charge in [-0.05, 0) is 37.1 Å². The van der Waals surface area contributed by atoms with Gasteiger partial charge in [-0.15, -0.1) is 0 Å². The molecule has 0 aliphatic rings. The number of hydrogen-bond acceptors (Lipinski definition) is 2. The molecule has 1 aromatic carbocycles. The molecule has 82 valence electrons. The third-order valence-electron chi connectivity index (χ3n) is 2.78. The molecule has 0 unspecified atom stereocenters. The van der Waals surface area contributed by atoms with Crippen LogP contribution in [-0.2, 0) is 0 Å². The Hall–Kier alpha value is -1.83. The molecule has 2 nitrogen and oxygen atoms in total. The van der Waals surface area contributed by atoms with E-state index in [1.807, 2.05) is 12.3 Å². The van der Waals surface area contributed by atoms with Gasteiger partial charge in [0.25, 0.3) is 0 Å². The molecule has 2 aromatic rings. The van der Waals surface area contributed by atoms with Gasteiger partial charge in [0.15, 0.2) is 0 Å². The summed E-state index contributed by atoms with van der Waals surface area (Å²) in [5.74, 6) is 1.01. The van der Waals surface area contributed by atoms with Gasteiger partial charge >= 0.3 is 0 Å². The monoisotopic (exact) mass is 212 g/mol. The summed E-state index contributed by atoms with van der Waals surface area (Å²) in [6.07, 6.45) is 1.83. The Morgan fingerprint density at radius 1 is 0.938 bits per heavy atom. The average Bonchev–Trinajstić information content (AvgIpc) is 2.29. The molecule has 0 bridgehead atoms. The van der Waals surface area contributed by atoms with Crippen molar-refractivity contribution < 1.29 is 0 Å². The van der Waals surface area contributed by atoms with Crippen molar-refractivity contribution in [3.63, 3.8) is 0 Å². The van der Waals surface area contributed by atoms with Crippen molar-refractivity contribution in [3.8, 4) is 0 Å². The van der Waals surface area contributed by atoms with E-state index in [9.17, 15) is 0 Å². The summed E-state index contributed by atoms with van der Waals surface area (Å²) in [7, 11) is 2.05. The third-order valence-corrected chi connectivity index (χ3v) is 2.78. The Balaban J connectivity index is 2.44. The Morgan fingerprint density at radius 3 is 2.31 bits per heavy atom. The molecule has 0 N–H and O–H groups in total. The number of rotatable bonds is 2. The molecule has 16 heavy (non-hydrogen) atoms. The zero-order valence-electron chi connectivity index (χ0n) is 9.94. The highest BCUT2D eigenvalue weighted by atomic mass is 15.2. The van der Waals surface area contributed by atoms with Crippen LogP contribution in [0.25, 0.3) is 0 Å². The fourth-order valence-corrected chi connectivity index (χ4v) is 1.88. The molecule has 1 heterocycles. The van der Waals surface area contributed by atoms with Crippen LogP contribution in [0.1, 0.15) is 11.1 Å². The predicted octanol–water partition coefficient (Wildman–Crippen LogP) is 3.47. The lowest BCUT2D eigenvalue weighted by molar-refractivity contribution is 1.09. The zero-order valence-corrected chi connectivity index (χ0v) is 9.94. The molecule has 0 atom stereocenters. The van der Waals surface area contributed by atoms with Crippen LogP contribution in [-0.4, -0.2) is 12.0 Å². The first kappa shape index (κ1) is 10.7. The van der Waals surface area contributed by atoms with Gasteiger partial charge in [-0.3, -0.25) is 0 Å². The van der Waals surface area contributed by atoms with Gasteiger partial charge in [-0.2, -0.15) is 0 Å². The average molecular weight is 212 g/mol. The van der Waals surface area contributed by atoms with Crippen LogP contribution in [0.3, 0.4) is 0 Å². The maximum Gasteiger partial charge on any atom is 0.135 e. The summed E-state index contributed by atoms with van der Waals surface area (Å²) in [4.78, 5) is 6.55. The quantitative estimate of drug-likeness (QED) is 0.757. The van der Waals surface area contributed by atoms with Gasteiger partial charge in [0.2, 0.25) is 0 Å². The van der Waals surface area contributed by atoms with Gasteiger partial charge in [0.1, 0.15) is 5.82 Å². The first-order chi connectivity index (χ1) is 7.70. The second kappa shape index (κ2) is 4.35. The van der Waals surface area contributed by atoms with Crippen LogP contribution in [0.15, 0.2) is 42.6 Å². The highest BCUT2D eigenvalue weighted by molar-refractivity contribution is 5.64. The number of pyridine rings is 1. The highest BCUT2D eigenvalue weighted by Gasteiger charge is 2.09. The minimum absolute atomic E-state index is 1.01. The maximum atomic E-state index is 4.42. The summed E-state index contributed by atoms with van der Waals surface area (Å²) in [6, 6.07) is 12.4. The molecular weight excluding hydrogens is 196 g/mol. The van der Waals surface area contributed by atoms with Crippen molar-refractivity contribution in [1.29, 1.82) is 0 Å². The fraction of sp³-hybridized carbons (Fsp3) is 0.214. The SMILES string of the molecule is Cc1ccccc1N(C)c1ncccc1C. The van der Waals surface area contributed by atoms with E-state index in [4.69, 9.17) is 0 Å². The van der Waals surface area contributed by atoms with Gasteiger partial charge in [0, 0.05) is 18.9 Å². The Bertz CT molecular complexity index is 446. The van der Waals surface area contributed by atoms with Crippen molar-refractivity contribution in [2.75, 3.05) is 11.9 Å². The highest BCUT2D eigenvalue weighted by Crippen LogP contribution is 2.26. The Labute approximate surface area is 96.6 Å². The minimum Gasteiger partial charge on any atom is -0.329 e. The molecule has 0 aliphatic carbocycles. The van der Waals surface area contributed by atoms with E-state index in [1.54, 1.807) is 0 Å². The van der Waals surface area contributed by atoms with Crippen LogP contribution in [0.4, 0.5) is 11.5 Å². The summed E-state index contributed by atoms with van der Waals surface area (Å²) in [5.41, 5.74) is 3.65. The minimum atomic E-state index is 1.01. The largest absolute Gasteiger partial charge is 0.329 e. The number of aryl methyl sites for hydroxylation is 2. The Morgan fingerprint density at radius 2 is 1.62 bits per heavy atom. The molecule has 0 saturated heterocycles. The molecule has 0 aliphatic heterocycles. The summed E-state index contributed by atoms with van der Waals surface area (Å²) < 4.78 is 0. The smallest absolute Gasteiger partial charge is 0.135 e. The molecule has 2 heteroatoms. The van der Waals surface area contributed by atoms with E-state index < -0.39 is 0 Å².